The molecule has 0 bridgehead atoms. The van der Waals surface area contributed by atoms with Crippen molar-refractivity contribution < 1.29 is 8.76 Å². The lowest BCUT2D eigenvalue weighted by Crippen LogP contribution is -2.55. The number of anilines is 1. The van der Waals surface area contributed by atoms with Crippen LogP contribution in [-0.2, 0) is 24.1 Å². The summed E-state index contributed by atoms with van der Waals surface area (Å²) >= 11 is -1.92. The Bertz CT molecular complexity index is 957. The van der Waals surface area contributed by atoms with Gasteiger partial charge in [0.1, 0.15) is 0 Å². The molecule has 0 aromatic heterocycles. The fraction of sp³-hybridized carbons (Fsp3) is 0.538. The number of hydrogen-bond acceptors (Lipinski definition) is 3. The third-order valence-corrected chi connectivity index (χ3v) is 8.28. The van der Waals surface area contributed by atoms with Crippen LogP contribution >= 0.6 is 0 Å². The fourth-order valence-electron chi connectivity index (χ4n) is 5.94. The first kappa shape index (κ1) is 22.1. The van der Waals surface area contributed by atoms with E-state index in [4.69, 9.17) is 4.55 Å². The molecular weight excluding hydrogens is 418 g/mol. The zero-order valence-electron chi connectivity index (χ0n) is 19.0. The van der Waals surface area contributed by atoms with E-state index in [1.165, 1.54) is 49.2 Å². The predicted octanol–water partition coefficient (Wildman–Crippen LogP) is 3.98. The molecule has 172 valence electrons. The summed E-state index contributed by atoms with van der Waals surface area (Å²) in [4.78, 5) is 5.19. The lowest BCUT2D eigenvalue weighted by Gasteiger charge is -2.50. The van der Waals surface area contributed by atoms with Crippen molar-refractivity contribution in [3.8, 4) is 0 Å². The molecule has 0 radical (unpaired) electrons. The van der Waals surface area contributed by atoms with Crippen LogP contribution in [0.4, 0.5) is 5.69 Å². The maximum atomic E-state index is 10.9. The van der Waals surface area contributed by atoms with E-state index in [-0.39, 0.29) is 5.41 Å². The quantitative estimate of drug-likeness (QED) is 0.594. The minimum absolute atomic E-state index is 0.200. The lowest BCUT2D eigenvalue weighted by atomic mass is 9.74. The molecule has 2 saturated heterocycles. The van der Waals surface area contributed by atoms with Crippen LogP contribution in [0.2, 0.25) is 0 Å². The topological polar surface area (TPSA) is 55.8 Å². The Balaban J connectivity index is 1.34. The van der Waals surface area contributed by atoms with Gasteiger partial charge in [-0.2, -0.15) is 0 Å². The summed E-state index contributed by atoms with van der Waals surface area (Å²) in [6.07, 6.45) is 5.82. The van der Waals surface area contributed by atoms with E-state index in [0.717, 1.165) is 25.9 Å². The number of benzene rings is 2. The lowest BCUT2D eigenvalue weighted by molar-refractivity contribution is 0.0877. The highest BCUT2D eigenvalue weighted by Crippen LogP contribution is 2.42. The van der Waals surface area contributed by atoms with Crippen molar-refractivity contribution in [1.29, 1.82) is 0 Å². The van der Waals surface area contributed by atoms with E-state index in [1.54, 1.807) is 5.56 Å². The van der Waals surface area contributed by atoms with Gasteiger partial charge in [-0.3, -0.25) is 9.45 Å². The maximum Gasteiger partial charge on any atom is 0.231 e. The van der Waals surface area contributed by atoms with Gasteiger partial charge in [0.2, 0.25) is 11.3 Å². The van der Waals surface area contributed by atoms with Crippen LogP contribution in [-0.4, -0.2) is 52.4 Å². The van der Waals surface area contributed by atoms with Crippen LogP contribution in [0.15, 0.2) is 48.5 Å². The molecule has 32 heavy (non-hydrogen) atoms. The second kappa shape index (κ2) is 9.26. The van der Waals surface area contributed by atoms with Gasteiger partial charge in [-0.05, 0) is 74.0 Å². The van der Waals surface area contributed by atoms with Gasteiger partial charge in [0.15, 0.2) is 0 Å². The zero-order chi connectivity index (χ0) is 22.1. The molecule has 5 rings (SSSR count). The van der Waals surface area contributed by atoms with E-state index in [0.29, 0.717) is 18.5 Å². The van der Waals surface area contributed by atoms with Gasteiger partial charge in [-0.1, -0.05) is 43.3 Å². The number of fused-ring (bicyclic) bond motifs is 1. The first-order valence-corrected chi connectivity index (χ1v) is 13.1. The molecule has 0 amide bonds. The minimum atomic E-state index is -1.92. The van der Waals surface area contributed by atoms with Gasteiger partial charge in [0.05, 0.1) is 0 Å². The average Bonchev–Trinajstić information content (AvgIpc) is 2.72. The summed E-state index contributed by atoms with van der Waals surface area (Å²) in [5.41, 5.74) is 6.06. The van der Waals surface area contributed by atoms with E-state index < -0.39 is 11.3 Å². The molecule has 1 aliphatic carbocycles. The van der Waals surface area contributed by atoms with Crippen LogP contribution in [0.3, 0.4) is 0 Å². The van der Waals surface area contributed by atoms with Gasteiger partial charge in [0.25, 0.3) is 0 Å². The Labute approximate surface area is 194 Å². The molecule has 2 heterocycles. The van der Waals surface area contributed by atoms with Crippen LogP contribution in [0, 0.1) is 5.41 Å². The number of rotatable bonds is 8. The highest BCUT2D eigenvalue weighted by molar-refractivity contribution is 7.77. The van der Waals surface area contributed by atoms with Crippen LogP contribution in [0.25, 0.3) is 0 Å². The van der Waals surface area contributed by atoms with Gasteiger partial charge in [-0.15, -0.1) is 0 Å². The second-order valence-corrected chi connectivity index (χ2v) is 11.0. The number of nitrogens with one attached hydrogen (secondary N) is 1. The van der Waals surface area contributed by atoms with Gasteiger partial charge in [0, 0.05) is 42.7 Å². The average molecular weight is 454 g/mol. The van der Waals surface area contributed by atoms with E-state index in [2.05, 4.69) is 70.0 Å². The molecule has 1 unspecified atom stereocenters. The second-order valence-electron chi connectivity index (χ2n) is 10.2. The summed E-state index contributed by atoms with van der Waals surface area (Å²) in [5, 5.41) is 0. The summed E-state index contributed by atoms with van der Waals surface area (Å²) in [7, 11) is 0. The molecule has 2 fully saturated rings. The Morgan fingerprint density at radius 2 is 1.94 bits per heavy atom. The Kier molecular flexibility index (Phi) is 6.39. The third-order valence-electron chi connectivity index (χ3n) is 7.83. The highest BCUT2D eigenvalue weighted by Gasteiger charge is 2.40. The molecular formula is C26H35N3O2S. The molecule has 6 heteroatoms. The first-order valence-electron chi connectivity index (χ1n) is 12.0. The van der Waals surface area contributed by atoms with Crippen molar-refractivity contribution in [1.82, 2.24) is 9.62 Å². The molecule has 2 aliphatic heterocycles. The zero-order valence-corrected chi connectivity index (χ0v) is 19.8. The van der Waals surface area contributed by atoms with E-state index >= 15 is 0 Å². The predicted molar refractivity (Wildman–Crippen MR) is 131 cm³/mol. The normalized spacial score (nSPS) is 25.5. The molecule has 2 N–H and O–H groups in total. The van der Waals surface area contributed by atoms with E-state index in [9.17, 15) is 4.21 Å². The summed E-state index contributed by atoms with van der Waals surface area (Å²) in [6, 6.07) is 18.8. The van der Waals surface area contributed by atoms with Crippen molar-refractivity contribution >= 4 is 17.0 Å². The van der Waals surface area contributed by atoms with E-state index in [1.807, 2.05) is 0 Å². The van der Waals surface area contributed by atoms with Crippen LogP contribution in [0.1, 0.15) is 48.8 Å². The monoisotopic (exact) mass is 453 g/mol. The first-order chi connectivity index (χ1) is 15.5. The van der Waals surface area contributed by atoms with Crippen molar-refractivity contribution in [3.63, 3.8) is 0 Å². The third kappa shape index (κ3) is 4.65. The molecule has 5 nitrogen and oxygen atoms in total. The molecule has 2 aromatic carbocycles. The molecule has 3 atom stereocenters. The Morgan fingerprint density at radius 1 is 1.16 bits per heavy atom. The van der Waals surface area contributed by atoms with Crippen molar-refractivity contribution in [2.75, 3.05) is 37.6 Å². The number of hydrogen-bond donors (Lipinski definition) is 2. The van der Waals surface area contributed by atoms with Crippen molar-refractivity contribution in [2.24, 2.45) is 5.41 Å². The largest absolute Gasteiger partial charge is 0.370 e. The number of aryl methyl sites for hydroxylation is 1. The SMILES string of the molecule is CC1(CCNS(=O)O)CN(c2ccc3c(c2)[C@@H](Cc2ccccc2)[C@@H](N2CCC2)CC3)C1. The van der Waals surface area contributed by atoms with Gasteiger partial charge in [-0.25, -0.2) is 8.93 Å². The van der Waals surface area contributed by atoms with Gasteiger partial charge < -0.3 is 4.90 Å². The smallest absolute Gasteiger partial charge is 0.231 e. The Hall–Kier alpha value is -1.73. The molecule has 0 spiro atoms. The maximum absolute atomic E-state index is 10.9. The minimum Gasteiger partial charge on any atom is -0.370 e. The Morgan fingerprint density at radius 3 is 2.62 bits per heavy atom. The standard InChI is InChI=1S/C26H35N3O2S/c1-26(12-13-27-32(30)31)18-29(19-26)22-10-8-21-9-11-25(28-14-5-15-28)24(23(21)17-22)16-20-6-3-2-4-7-20/h2-4,6-8,10,17,24-25,27H,5,9,11-16,18-19H2,1H3,(H,30,31)/t24-,25+/m1/s1. The van der Waals surface area contributed by atoms with Crippen molar-refractivity contribution in [3.05, 3.63) is 65.2 Å². The molecule has 3 aliphatic rings. The number of likely N-dealkylation sites (tertiary alicyclic amines) is 1. The summed E-state index contributed by atoms with van der Waals surface area (Å²) < 4.78 is 22.4. The number of nitrogens with zero attached hydrogens (tertiary/aromatic N) is 2. The van der Waals surface area contributed by atoms with Crippen LogP contribution < -0.4 is 9.62 Å². The van der Waals surface area contributed by atoms with Crippen molar-refractivity contribution in [2.45, 2.75) is 51.0 Å². The highest BCUT2D eigenvalue weighted by atomic mass is 32.2. The molecule has 2 aromatic rings. The summed E-state index contributed by atoms with van der Waals surface area (Å²) in [5.74, 6) is 0.554. The summed E-state index contributed by atoms with van der Waals surface area (Å²) in [6.45, 7) is 7.37. The molecule has 0 saturated carbocycles. The van der Waals surface area contributed by atoms with Gasteiger partial charge >= 0.3 is 0 Å². The fourth-order valence-corrected chi connectivity index (χ4v) is 6.22. The van der Waals surface area contributed by atoms with Crippen LogP contribution in [0.5, 0.6) is 0 Å².